The van der Waals surface area contributed by atoms with E-state index in [0.29, 0.717) is 21.3 Å². The summed E-state index contributed by atoms with van der Waals surface area (Å²) < 4.78 is 17.5. The Morgan fingerprint density at radius 2 is 1.71 bits per heavy atom. The fraction of sp³-hybridized carbons (Fsp3) is 0.211. The van der Waals surface area contributed by atoms with E-state index in [2.05, 4.69) is 0 Å². The van der Waals surface area contributed by atoms with Gasteiger partial charge in [0.2, 0.25) is 5.78 Å². The van der Waals surface area contributed by atoms with Gasteiger partial charge in [0.25, 0.3) is 0 Å². The lowest BCUT2D eigenvalue weighted by atomic mass is 9.93. The van der Waals surface area contributed by atoms with Crippen molar-refractivity contribution in [2.45, 2.75) is 24.3 Å². The Hall–Kier alpha value is -1.91. The van der Waals surface area contributed by atoms with E-state index in [1.807, 2.05) is 12.1 Å². The summed E-state index contributed by atoms with van der Waals surface area (Å²) in [5, 5.41) is 0.580. The summed E-state index contributed by atoms with van der Waals surface area (Å²) in [6.45, 7) is 3.50. The van der Waals surface area contributed by atoms with Crippen molar-refractivity contribution in [2.75, 3.05) is 6.26 Å². The highest BCUT2D eigenvalue weighted by molar-refractivity contribution is 7.84. The zero-order valence-corrected chi connectivity index (χ0v) is 15.2. The Bertz CT molecular complexity index is 866. The van der Waals surface area contributed by atoms with Crippen molar-refractivity contribution in [1.82, 2.24) is 0 Å². The zero-order chi connectivity index (χ0) is 17.5. The van der Waals surface area contributed by atoms with Crippen LogP contribution in [0.5, 0.6) is 0 Å². The third-order valence-corrected chi connectivity index (χ3v) is 5.09. The van der Waals surface area contributed by atoms with Crippen LogP contribution in [0, 0.1) is 0 Å². The van der Waals surface area contributed by atoms with Crippen LogP contribution in [0.25, 0.3) is 11.3 Å². The minimum absolute atomic E-state index is 0.0807. The Morgan fingerprint density at radius 3 is 2.29 bits per heavy atom. The summed E-state index contributed by atoms with van der Waals surface area (Å²) >= 11 is 6.08. The van der Waals surface area contributed by atoms with Crippen molar-refractivity contribution in [1.29, 1.82) is 0 Å². The minimum atomic E-state index is -1.06. The van der Waals surface area contributed by atoms with Crippen LogP contribution in [-0.4, -0.2) is 21.8 Å². The molecule has 5 heteroatoms. The second kappa shape index (κ2) is 6.19. The van der Waals surface area contributed by atoms with E-state index in [9.17, 15) is 9.00 Å². The average molecular weight is 361 g/mol. The van der Waals surface area contributed by atoms with Crippen molar-refractivity contribution >= 4 is 39.5 Å². The Labute approximate surface area is 148 Å². The van der Waals surface area contributed by atoms with Gasteiger partial charge in [-0.05, 0) is 43.7 Å². The van der Waals surface area contributed by atoms with E-state index in [4.69, 9.17) is 16.3 Å². The van der Waals surface area contributed by atoms with Gasteiger partial charge in [-0.25, -0.2) is 0 Å². The molecule has 3 rings (SSSR count). The van der Waals surface area contributed by atoms with Crippen molar-refractivity contribution in [3.8, 4) is 0 Å². The van der Waals surface area contributed by atoms with Crippen LogP contribution < -0.4 is 0 Å². The van der Waals surface area contributed by atoms with Gasteiger partial charge in [-0.1, -0.05) is 35.9 Å². The summed E-state index contributed by atoms with van der Waals surface area (Å²) in [7, 11) is -1.06. The first-order chi connectivity index (χ1) is 11.3. The standard InChI is InChI=1S/C19H17ClO3S/c1-19(2)18(21)16(12-7-9-15(10-8-12)24(3)22)17(23-19)13-5-4-6-14(20)11-13/h4-11H,1-3H3. The molecule has 1 heterocycles. The smallest absolute Gasteiger partial charge is 0.210 e. The summed E-state index contributed by atoms with van der Waals surface area (Å²) in [5.41, 5.74) is 1.10. The number of hydrogen-bond acceptors (Lipinski definition) is 3. The second-order valence-corrected chi connectivity index (χ2v) is 7.95. The molecule has 0 amide bonds. The van der Waals surface area contributed by atoms with Gasteiger partial charge in [-0.15, -0.1) is 0 Å². The molecule has 0 saturated carbocycles. The van der Waals surface area contributed by atoms with Crippen molar-refractivity contribution in [2.24, 2.45) is 0 Å². The van der Waals surface area contributed by atoms with Crippen LogP contribution in [-0.2, 0) is 20.3 Å². The average Bonchev–Trinajstić information content (AvgIpc) is 2.78. The van der Waals surface area contributed by atoms with E-state index in [-0.39, 0.29) is 5.78 Å². The van der Waals surface area contributed by atoms with Gasteiger partial charge >= 0.3 is 0 Å². The Morgan fingerprint density at radius 1 is 1.04 bits per heavy atom. The fourth-order valence-corrected chi connectivity index (χ4v) is 3.37. The molecular formula is C19H17ClO3S. The molecule has 124 valence electrons. The predicted octanol–water partition coefficient (Wildman–Crippen LogP) is 4.32. The van der Waals surface area contributed by atoms with Gasteiger partial charge in [-0.3, -0.25) is 9.00 Å². The molecule has 1 unspecified atom stereocenters. The van der Waals surface area contributed by atoms with E-state index < -0.39 is 16.4 Å². The monoisotopic (exact) mass is 360 g/mol. The van der Waals surface area contributed by atoms with Gasteiger partial charge in [0.15, 0.2) is 5.60 Å². The molecule has 0 N–H and O–H groups in total. The molecule has 0 saturated heterocycles. The number of Topliss-reactive ketones (excluding diaryl/α,β-unsaturated/α-hetero) is 1. The molecule has 1 atom stereocenters. The SMILES string of the molecule is CS(=O)c1ccc(C2=C(c3cccc(Cl)c3)OC(C)(C)C2=O)cc1. The Kier molecular flexibility index (Phi) is 4.37. The molecule has 3 nitrogen and oxygen atoms in total. The van der Waals surface area contributed by atoms with Gasteiger partial charge in [0, 0.05) is 32.5 Å². The van der Waals surface area contributed by atoms with Crippen LogP contribution in [0.2, 0.25) is 5.02 Å². The number of carbonyl (C=O) groups is 1. The number of rotatable bonds is 3. The van der Waals surface area contributed by atoms with Crippen LogP contribution in [0.4, 0.5) is 0 Å². The first-order valence-corrected chi connectivity index (χ1v) is 9.41. The van der Waals surface area contributed by atoms with Crippen LogP contribution in [0.1, 0.15) is 25.0 Å². The number of hydrogen-bond donors (Lipinski definition) is 0. The highest BCUT2D eigenvalue weighted by atomic mass is 35.5. The quantitative estimate of drug-likeness (QED) is 0.818. The van der Waals surface area contributed by atoms with E-state index in [1.54, 1.807) is 56.5 Å². The maximum Gasteiger partial charge on any atom is 0.210 e. The van der Waals surface area contributed by atoms with Gasteiger partial charge < -0.3 is 4.74 Å². The number of ketones is 1. The molecule has 0 aromatic heterocycles. The van der Waals surface area contributed by atoms with Gasteiger partial charge in [-0.2, -0.15) is 0 Å². The molecule has 2 aromatic rings. The lowest BCUT2D eigenvalue weighted by Gasteiger charge is -2.17. The van der Waals surface area contributed by atoms with Gasteiger partial charge in [0.05, 0.1) is 5.57 Å². The normalized spacial score (nSPS) is 17.8. The van der Waals surface area contributed by atoms with E-state index in [0.717, 1.165) is 11.1 Å². The topological polar surface area (TPSA) is 43.4 Å². The molecule has 0 aliphatic carbocycles. The molecular weight excluding hydrogens is 344 g/mol. The Balaban J connectivity index is 2.16. The van der Waals surface area contributed by atoms with Crippen LogP contribution in [0.3, 0.4) is 0 Å². The maximum absolute atomic E-state index is 12.8. The summed E-state index contributed by atoms with van der Waals surface area (Å²) in [5.74, 6) is 0.445. The highest BCUT2D eigenvalue weighted by Crippen LogP contribution is 2.41. The molecule has 1 aliphatic heterocycles. The molecule has 1 aliphatic rings. The third kappa shape index (κ3) is 3.04. The van der Waals surface area contributed by atoms with Crippen molar-refractivity contribution < 1.29 is 13.7 Å². The molecule has 2 aromatic carbocycles. The summed E-state index contributed by atoms with van der Waals surface area (Å²) in [4.78, 5) is 13.6. The van der Waals surface area contributed by atoms with E-state index in [1.165, 1.54) is 0 Å². The number of carbonyl (C=O) groups excluding carboxylic acids is 1. The van der Waals surface area contributed by atoms with Crippen LogP contribution >= 0.6 is 11.6 Å². The number of benzene rings is 2. The first-order valence-electron chi connectivity index (χ1n) is 7.47. The lowest BCUT2D eigenvalue weighted by Crippen LogP contribution is -2.29. The molecule has 0 radical (unpaired) electrons. The fourth-order valence-electron chi connectivity index (χ4n) is 2.67. The second-order valence-electron chi connectivity index (χ2n) is 6.13. The number of halogens is 1. The van der Waals surface area contributed by atoms with E-state index >= 15 is 0 Å². The molecule has 0 spiro atoms. The largest absolute Gasteiger partial charge is 0.478 e. The first kappa shape index (κ1) is 16.9. The summed E-state index contributed by atoms with van der Waals surface area (Å²) in [6.07, 6.45) is 1.62. The number of ether oxygens (including phenoxy) is 1. The highest BCUT2D eigenvalue weighted by Gasteiger charge is 2.42. The van der Waals surface area contributed by atoms with Crippen molar-refractivity contribution in [3.63, 3.8) is 0 Å². The minimum Gasteiger partial charge on any atom is -0.478 e. The molecule has 24 heavy (non-hydrogen) atoms. The predicted molar refractivity (Wildman–Crippen MR) is 97.2 cm³/mol. The lowest BCUT2D eigenvalue weighted by molar-refractivity contribution is -0.125. The van der Waals surface area contributed by atoms with Crippen molar-refractivity contribution in [3.05, 3.63) is 64.7 Å². The third-order valence-electron chi connectivity index (χ3n) is 3.92. The van der Waals surface area contributed by atoms with Crippen LogP contribution in [0.15, 0.2) is 53.4 Å². The molecule has 0 bridgehead atoms. The zero-order valence-electron chi connectivity index (χ0n) is 13.6. The maximum atomic E-state index is 12.8. The van der Waals surface area contributed by atoms with Gasteiger partial charge in [0.1, 0.15) is 5.76 Å². The molecule has 0 fully saturated rings. The summed E-state index contributed by atoms with van der Waals surface area (Å²) in [6, 6.07) is 14.4.